The van der Waals surface area contributed by atoms with Gasteiger partial charge in [0.25, 0.3) is 5.91 Å². The summed E-state index contributed by atoms with van der Waals surface area (Å²) >= 11 is 0. The minimum absolute atomic E-state index is 0.0115. The van der Waals surface area contributed by atoms with Crippen LogP contribution in [0.4, 0.5) is 0 Å². The molecule has 118 valence electrons. The topological polar surface area (TPSA) is 52.3 Å². The Bertz CT molecular complexity index is 678. The number of carbonyl (C=O) groups is 1. The van der Waals surface area contributed by atoms with Crippen molar-refractivity contribution in [3.8, 4) is 11.4 Å². The summed E-state index contributed by atoms with van der Waals surface area (Å²) in [4.78, 5) is 14.6. The van der Waals surface area contributed by atoms with Gasteiger partial charge in [0.1, 0.15) is 11.4 Å². The highest BCUT2D eigenvalue weighted by molar-refractivity contribution is 5.93. The van der Waals surface area contributed by atoms with Crippen molar-refractivity contribution in [1.29, 1.82) is 0 Å². The SMILES string of the molecule is CC1CN(C(=O)c2cc(-c3cccn3C)nn2C)CC(C)O1. The van der Waals surface area contributed by atoms with E-state index in [4.69, 9.17) is 4.74 Å². The average molecular weight is 302 g/mol. The molecule has 2 atom stereocenters. The molecule has 1 amide bonds. The molecule has 3 heterocycles. The fourth-order valence-corrected chi connectivity index (χ4v) is 3.03. The van der Waals surface area contributed by atoms with E-state index in [9.17, 15) is 4.79 Å². The lowest BCUT2D eigenvalue weighted by Gasteiger charge is -2.35. The Hall–Kier alpha value is -2.08. The predicted octanol–water partition coefficient (Wildman–Crippen LogP) is 1.68. The molecular formula is C16H22N4O2. The highest BCUT2D eigenvalue weighted by atomic mass is 16.5. The van der Waals surface area contributed by atoms with Gasteiger partial charge in [-0.1, -0.05) is 0 Å². The van der Waals surface area contributed by atoms with Gasteiger partial charge < -0.3 is 14.2 Å². The molecule has 0 saturated carbocycles. The maximum atomic E-state index is 12.8. The van der Waals surface area contributed by atoms with E-state index in [0.29, 0.717) is 18.8 Å². The van der Waals surface area contributed by atoms with Gasteiger partial charge in [0.2, 0.25) is 0 Å². The Kier molecular flexibility index (Phi) is 3.78. The van der Waals surface area contributed by atoms with Crippen molar-refractivity contribution < 1.29 is 9.53 Å². The highest BCUT2D eigenvalue weighted by Gasteiger charge is 2.28. The molecule has 0 N–H and O–H groups in total. The smallest absolute Gasteiger partial charge is 0.272 e. The van der Waals surface area contributed by atoms with Crippen molar-refractivity contribution in [3.63, 3.8) is 0 Å². The zero-order valence-corrected chi connectivity index (χ0v) is 13.5. The van der Waals surface area contributed by atoms with E-state index < -0.39 is 0 Å². The highest BCUT2D eigenvalue weighted by Crippen LogP contribution is 2.21. The van der Waals surface area contributed by atoms with Crippen molar-refractivity contribution in [2.45, 2.75) is 26.1 Å². The Labute approximate surface area is 130 Å². The largest absolute Gasteiger partial charge is 0.372 e. The van der Waals surface area contributed by atoms with Gasteiger partial charge >= 0.3 is 0 Å². The average Bonchev–Trinajstić information content (AvgIpc) is 3.02. The van der Waals surface area contributed by atoms with Crippen LogP contribution in [-0.2, 0) is 18.8 Å². The lowest BCUT2D eigenvalue weighted by molar-refractivity contribution is -0.0588. The first kappa shape index (κ1) is 14.8. The van der Waals surface area contributed by atoms with Crippen LogP contribution >= 0.6 is 0 Å². The van der Waals surface area contributed by atoms with E-state index in [1.54, 1.807) is 4.68 Å². The Morgan fingerprint density at radius 2 is 1.95 bits per heavy atom. The van der Waals surface area contributed by atoms with Crippen LogP contribution in [0.2, 0.25) is 0 Å². The van der Waals surface area contributed by atoms with Crippen LogP contribution in [0.15, 0.2) is 24.4 Å². The maximum absolute atomic E-state index is 12.8. The van der Waals surface area contributed by atoms with E-state index in [-0.39, 0.29) is 18.1 Å². The molecule has 0 radical (unpaired) electrons. The Balaban J connectivity index is 1.87. The fraction of sp³-hybridized carbons (Fsp3) is 0.500. The van der Waals surface area contributed by atoms with Gasteiger partial charge in [0.05, 0.1) is 17.9 Å². The molecular weight excluding hydrogens is 280 g/mol. The summed E-state index contributed by atoms with van der Waals surface area (Å²) in [6.45, 7) is 5.23. The van der Waals surface area contributed by atoms with Gasteiger partial charge in [-0.2, -0.15) is 5.10 Å². The van der Waals surface area contributed by atoms with Crippen LogP contribution in [0.25, 0.3) is 11.4 Å². The number of ether oxygens (including phenoxy) is 1. The van der Waals surface area contributed by atoms with E-state index in [1.165, 1.54) is 0 Å². The number of aryl methyl sites for hydroxylation is 2. The Morgan fingerprint density at radius 3 is 2.55 bits per heavy atom. The standard InChI is InChI=1S/C16H22N4O2/c1-11-9-20(10-12(2)22-11)16(21)15-8-13(17-19(15)4)14-6-5-7-18(14)3/h5-8,11-12H,9-10H2,1-4H3. The van der Waals surface area contributed by atoms with E-state index >= 15 is 0 Å². The van der Waals surface area contributed by atoms with Crippen LogP contribution in [0.1, 0.15) is 24.3 Å². The third-order valence-electron chi connectivity index (χ3n) is 4.01. The van der Waals surface area contributed by atoms with Gasteiger partial charge in [0.15, 0.2) is 0 Å². The first-order chi connectivity index (χ1) is 10.5. The molecule has 6 heteroatoms. The van der Waals surface area contributed by atoms with Gasteiger partial charge in [0, 0.05) is 33.4 Å². The molecule has 1 fully saturated rings. The zero-order chi connectivity index (χ0) is 15.9. The summed E-state index contributed by atoms with van der Waals surface area (Å²) in [5, 5.41) is 4.48. The fourth-order valence-electron chi connectivity index (χ4n) is 3.03. The third kappa shape index (κ3) is 2.66. The first-order valence-corrected chi connectivity index (χ1v) is 7.56. The second-order valence-electron chi connectivity index (χ2n) is 6.01. The lowest BCUT2D eigenvalue weighted by Crippen LogP contribution is -2.48. The van der Waals surface area contributed by atoms with E-state index in [0.717, 1.165) is 11.4 Å². The first-order valence-electron chi connectivity index (χ1n) is 7.56. The third-order valence-corrected chi connectivity index (χ3v) is 4.01. The van der Waals surface area contributed by atoms with E-state index in [1.807, 2.05) is 61.8 Å². The maximum Gasteiger partial charge on any atom is 0.272 e. The van der Waals surface area contributed by atoms with Crippen molar-refractivity contribution in [2.75, 3.05) is 13.1 Å². The van der Waals surface area contributed by atoms with Crippen LogP contribution in [0.3, 0.4) is 0 Å². The van der Waals surface area contributed by atoms with Crippen molar-refractivity contribution in [3.05, 3.63) is 30.1 Å². The monoisotopic (exact) mass is 302 g/mol. The quantitative estimate of drug-likeness (QED) is 0.848. The van der Waals surface area contributed by atoms with Gasteiger partial charge in [-0.25, -0.2) is 0 Å². The summed E-state index contributed by atoms with van der Waals surface area (Å²) in [6, 6.07) is 5.83. The van der Waals surface area contributed by atoms with Crippen LogP contribution in [0, 0.1) is 0 Å². The molecule has 3 rings (SSSR count). The molecule has 0 bridgehead atoms. The molecule has 2 aromatic heterocycles. The molecule has 0 spiro atoms. The number of amides is 1. The normalized spacial score (nSPS) is 22.1. The molecule has 0 aromatic carbocycles. The van der Waals surface area contributed by atoms with Gasteiger partial charge in [-0.15, -0.1) is 0 Å². The Morgan fingerprint density at radius 1 is 1.27 bits per heavy atom. The van der Waals surface area contributed by atoms with Crippen LogP contribution in [-0.4, -0.2) is 50.5 Å². The zero-order valence-electron chi connectivity index (χ0n) is 13.5. The number of carbonyl (C=O) groups excluding carboxylic acids is 1. The number of rotatable bonds is 2. The van der Waals surface area contributed by atoms with Gasteiger partial charge in [-0.05, 0) is 32.0 Å². The second-order valence-corrected chi connectivity index (χ2v) is 6.01. The second kappa shape index (κ2) is 5.61. The van der Waals surface area contributed by atoms with E-state index in [2.05, 4.69) is 5.10 Å². The van der Waals surface area contributed by atoms with Crippen molar-refractivity contribution in [1.82, 2.24) is 19.2 Å². The minimum Gasteiger partial charge on any atom is -0.372 e. The summed E-state index contributed by atoms with van der Waals surface area (Å²) < 4.78 is 9.35. The molecule has 0 aliphatic carbocycles. The molecule has 2 unspecified atom stereocenters. The molecule has 1 aliphatic rings. The van der Waals surface area contributed by atoms with Crippen molar-refractivity contribution in [2.24, 2.45) is 14.1 Å². The summed E-state index contributed by atoms with van der Waals surface area (Å²) in [5.41, 5.74) is 2.42. The number of morpholine rings is 1. The molecule has 1 saturated heterocycles. The van der Waals surface area contributed by atoms with Gasteiger partial charge in [-0.3, -0.25) is 9.48 Å². The lowest BCUT2D eigenvalue weighted by atomic mass is 10.2. The number of hydrogen-bond acceptors (Lipinski definition) is 3. The summed E-state index contributed by atoms with van der Waals surface area (Å²) in [6.07, 6.45) is 2.10. The van der Waals surface area contributed by atoms with Crippen LogP contribution in [0.5, 0.6) is 0 Å². The molecule has 2 aromatic rings. The molecule has 22 heavy (non-hydrogen) atoms. The van der Waals surface area contributed by atoms with Crippen LogP contribution < -0.4 is 0 Å². The summed E-state index contributed by atoms with van der Waals surface area (Å²) in [5.74, 6) is 0.0115. The minimum atomic E-state index is 0.0115. The number of hydrogen-bond donors (Lipinski definition) is 0. The number of aromatic nitrogens is 3. The molecule has 6 nitrogen and oxygen atoms in total. The van der Waals surface area contributed by atoms with Crippen molar-refractivity contribution >= 4 is 5.91 Å². The molecule has 1 aliphatic heterocycles. The predicted molar refractivity (Wildman–Crippen MR) is 83.5 cm³/mol. The summed E-state index contributed by atoms with van der Waals surface area (Å²) in [7, 11) is 3.78. The number of nitrogens with zero attached hydrogens (tertiary/aromatic N) is 4.